The maximum atomic E-state index is 12.3. The first-order valence-electron chi connectivity index (χ1n) is 7.26. The van der Waals surface area contributed by atoms with Crippen molar-refractivity contribution in [3.05, 3.63) is 0 Å². The smallest absolute Gasteiger partial charge is 0.309 e. The molecule has 0 aromatic heterocycles. The van der Waals surface area contributed by atoms with Crippen LogP contribution in [0.3, 0.4) is 0 Å². The first kappa shape index (κ1) is 13.5. The molecule has 2 saturated heterocycles. The van der Waals surface area contributed by atoms with Crippen LogP contribution in [0.25, 0.3) is 0 Å². The van der Waals surface area contributed by atoms with E-state index in [0.717, 1.165) is 12.8 Å². The molecule has 0 radical (unpaired) electrons. The lowest BCUT2D eigenvalue weighted by molar-refractivity contribution is -0.151. The maximum Gasteiger partial charge on any atom is 0.309 e. The molecule has 3 rings (SSSR count). The highest BCUT2D eigenvalue weighted by Gasteiger charge is 2.49. The number of piperidine rings is 1. The zero-order valence-corrected chi connectivity index (χ0v) is 11.7. The highest BCUT2D eigenvalue weighted by molar-refractivity contribution is 6.06. The van der Waals surface area contributed by atoms with E-state index in [2.05, 4.69) is 0 Å². The third-order valence-corrected chi connectivity index (χ3v) is 4.93. The number of carbonyl (C=O) groups excluding carboxylic acids is 2. The molecule has 1 unspecified atom stereocenters. The quantitative estimate of drug-likeness (QED) is 0.760. The zero-order chi connectivity index (χ0) is 14.5. The SMILES string of the molecule is CC1(C(=O)O)CCN(C2CC(=O)N(C3CC3)C2=O)CC1. The number of carboxylic acids is 1. The summed E-state index contributed by atoms with van der Waals surface area (Å²) in [5.74, 6) is -0.906. The van der Waals surface area contributed by atoms with Gasteiger partial charge in [-0.1, -0.05) is 0 Å². The number of amides is 2. The minimum Gasteiger partial charge on any atom is -0.481 e. The molecule has 3 aliphatic rings. The fourth-order valence-electron chi connectivity index (χ4n) is 3.18. The molecular formula is C14H20N2O4. The summed E-state index contributed by atoms with van der Waals surface area (Å²) in [7, 11) is 0. The van der Waals surface area contributed by atoms with Crippen molar-refractivity contribution in [2.24, 2.45) is 5.41 Å². The summed E-state index contributed by atoms with van der Waals surface area (Å²) in [5, 5.41) is 9.22. The molecule has 3 fully saturated rings. The number of hydrogen-bond acceptors (Lipinski definition) is 4. The van der Waals surface area contributed by atoms with Crippen molar-refractivity contribution < 1.29 is 19.5 Å². The summed E-state index contributed by atoms with van der Waals surface area (Å²) >= 11 is 0. The average molecular weight is 280 g/mol. The standard InChI is InChI=1S/C14H20N2O4/c1-14(13(19)20)4-6-15(7-5-14)10-8-11(17)16(12(10)18)9-2-3-9/h9-10H,2-8H2,1H3,(H,19,20). The van der Waals surface area contributed by atoms with Crippen LogP contribution in [0.1, 0.15) is 39.0 Å². The van der Waals surface area contributed by atoms with Crippen LogP contribution < -0.4 is 0 Å². The van der Waals surface area contributed by atoms with Gasteiger partial charge in [-0.05, 0) is 32.6 Å². The van der Waals surface area contributed by atoms with E-state index in [-0.39, 0.29) is 30.3 Å². The predicted molar refractivity (Wildman–Crippen MR) is 69.8 cm³/mol. The minimum atomic E-state index is -0.773. The summed E-state index contributed by atoms with van der Waals surface area (Å²) in [4.78, 5) is 38.9. The van der Waals surface area contributed by atoms with Gasteiger partial charge in [-0.2, -0.15) is 0 Å². The van der Waals surface area contributed by atoms with Crippen molar-refractivity contribution in [2.45, 2.75) is 51.1 Å². The van der Waals surface area contributed by atoms with Crippen LogP contribution in [-0.4, -0.2) is 57.9 Å². The molecule has 0 aromatic carbocycles. The molecule has 0 spiro atoms. The van der Waals surface area contributed by atoms with E-state index in [4.69, 9.17) is 0 Å². The molecule has 6 nitrogen and oxygen atoms in total. The van der Waals surface area contributed by atoms with E-state index in [1.807, 2.05) is 4.90 Å². The fraction of sp³-hybridized carbons (Fsp3) is 0.786. The molecule has 20 heavy (non-hydrogen) atoms. The van der Waals surface area contributed by atoms with Crippen molar-refractivity contribution in [1.29, 1.82) is 0 Å². The lowest BCUT2D eigenvalue weighted by Crippen LogP contribution is -2.49. The summed E-state index contributed by atoms with van der Waals surface area (Å²) in [5.41, 5.74) is -0.696. The number of rotatable bonds is 3. The van der Waals surface area contributed by atoms with Crippen LogP contribution >= 0.6 is 0 Å². The van der Waals surface area contributed by atoms with Crippen LogP contribution in [0.4, 0.5) is 0 Å². The molecule has 2 heterocycles. The molecule has 0 bridgehead atoms. The van der Waals surface area contributed by atoms with Gasteiger partial charge >= 0.3 is 5.97 Å². The molecular weight excluding hydrogens is 260 g/mol. The Morgan fingerprint density at radius 2 is 1.85 bits per heavy atom. The van der Waals surface area contributed by atoms with Crippen LogP contribution in [0.2, 0.25) is 0 Å². The first-order valence-corrected chi connectivity index (χ1v) is 7.26. The highest BCUT2D eigenvalue weighted by Crippen LogP contribution is 2.36. The third-order valence-electron chi connectivity index (χ3n) is 4.93. The molecule has 6 heteroatoms. The summed E-state index contributed by atoms with van der Waals surface area (Å²) in [6.45, 7) is 2.90. The lowest BCUT2D eigenvalue weighted by Gasteiger charge is -2.38. The Kier molecular flexibility index (Phi) is 3.08. The second kappa shape index (κ2) is 4.55. The Bertz CT molecular complexity index is 464. The average Bonchev–Trinajstić information content (AvgIpc) is 3.17. The Balaban J connectivity index is 1.65. The van der Waals surface area contributed by atoms with Crippen molar-refractivity contribution in [3.8, 4) is 0 Å². The number of nitrogens with zero attached hydrogens (tertiary/aromatic N) is 2. The highest BCUT2D eigenvalue weighted by atomic mass is 16.4. The van der Waals surface area contributed by atoms with Gasteiger partial charge in [0.15, 0.2) is 0 Å². The van der Waals surface area contributed by atoms with Crippen molar-refractivity contribution in [3.63, 3.8) is 0 Å². The van der Waals surface area contributed by atoms with Gasteiger partial charge in [0.25, 0.3) is 0 Å². The molecule has 2 amide bonds. The molecule has 1 N–H and O–H groups in total. The van der Waals surface area contributed by atoms with Crippen LogP contribution in [0, 0.1) is 5.41 Å². The number of hydrogen-bond donors (Lipinski definition) is 1. The first-order chi connectivity index (χ1) is 9.42. The fourth-order valence-corrected chi connectivity index (χ4v) is 3.18. The Morgan fingerprint density at radius 3 is 2.35 bits per heavy atom. The largest absolute Gasteiger partial charge is 0.481 e. The Labute approximate surface area is 117 Å². The number of carbonyl (C=O) groups is 3. The molecule has 110 valence electrons. The molecule has 2 aliphatic heterocycles. The minimum absolute atomic E-state index is 0.0610. The third kappa shape index (κ3) is 2.12. The van der Waals surface area contributed by atoms with Crippen LogP contribution in [0.15, 0.2) is 0 Å². The van der Waals surface area contributed by atoms with Gasteiger partial charge in [-0.25, -0.2) is 0 Å². The summed E-state index contributed by atoms with van der Waals surface area (Å²) in [6, 6.07) is -0.226. The zero-order valence-electron chi connectivity index (χ0n) is 11.7. The van der Waals surface area contributed by atoms with E-state index >= 15 is 0 Å². The molecule has 1 atom stereocenters. The van der Waals surface area contributed by atoms with Gasteiger partial charge in [-0.3, -0.25) is 24.2 Å². The second-order valence-corrected chi connectivity index (χ2v) is 6.45. The van der Waals surface area contributed by atoms with Gasteiger partial charge in [0.05, 0.1) is 17.9 Å². The van der Waals surface area contributed by atoms with Gasteiger partial charge < -0.3 is 5.11 Å². The summed E-state index contributed by atoms with van der Waals surface area (Å²) < 4.78 is 0. The van der Waals surface area contributed by atoms with Crippen LogP contribution in [-0.2, 0) is 14.4 Å². The molecule has 0 aromatic rings. The number of imide groups is 1. The monoisotopic (exact) mass is 280 g/mol. The van der Waals surface area contributed by atoms with Gasteiger partial charge in [0, 0.05) is 19.1 Å². The number of aliphatic carboxylic acids is 1. The maximum absolute atomic E-state index is 12.3. The second-order valence-electron chi connectivity index (χ2n) is 6.45. The topological polar surface area (TPSA) is 77.9 Å². The van der Waals surface area contributed by atoms with E-state index in [1.54, 1.807) is 6.92 Å². The number of likely N-dealkylation sites (tertiary alicyclic amines) is 2. The predicted octanol–water partition coefficient (Wildman–Crippen LogP) is 0.463. The summed E-state index contributed by atoms with van der Waals surface area (Å²) in [6.07, 6.45) is 3.19. The van der Waals surface area contributed by atoms with E-state index in [0.29, 0.717) is 25.9 Å². The molecule has 1 saturated carbocycles. The van der Waals surface area contributed by atoms with Crippen molar-refractivity contribution in [2.75, 3.05) is 13.1 Å². The van der Waals surface area contributed by atoms with E-state index in [9.17, 15) is 19.5 Å². The Morgan fingerprint density at radius 1 is 1.25 bits per heavy atom. The van der Waals surface area contributed by atoms with Crippen molar-refractivity contribution >= 4 is 17.8 Å². The van der Waals surface area contributed by atoms with Gasteiger partial charge in [-0.15, -0.1) is 0 Å². The lowest BCUT2D eigenvalue weighted by atomic mass is 9.80. The van der Waals surface area contributed by atoms with E-state index in [1.165, 1.54) is 4.90 Å². The number of carboxylic acid groups (broad SMARTS) is 1. The normalized spacial score (nSPS) is 30.9. The van der Waals surface area contributed by atoms with Gasteiger partial charge in [0.2, 0.25) is 11.8 Å². The Hall–Kier alpha value is -1.43. The van der Waals surface area contributed by atoms with Gasteiger partial charge in [0.1, 0.15) is 0 Å². The van der Waals surface area contributed by atoms with Crippen LogP contribution in [0.5, 0.6) is 0 Å². The van der Waals surface area contributed by atoms with E-state index < -0.39 is 11.4 Å². The molecule has 1 aliphatic carbocycles. The van der Waals surface area contributed by atoms with Crippen molar-refractivity contribution in [1.82, 2.24) is 9.80 Å².